The van der Waals surface area contributed by atoms with E-state index < -0.39 is 5.91 Å². The number of halogens is 1. The zero-order chi connectivity index (χ0) is 19.2. The minimum Gasteiger partial charge on any atom is -0.457 e. The Labute approximate surface area is 154 Å². The van der Waals surface area contributed by atoms with Gasteiger partial charge in [-0.15, -0.1) is 0 Å². The maximum absolute atomic E-state index is 12.9. The van der Waals surface area contributed by atoms with Crippen molar-refractivity contribution in [3.63, 3.8) is 0 Å². The highest BCUT2D eigenvalue weighted by Gasteiger charge is 2.11. The lowest BCUT2D eigenvalue weighted by Gasteiger charge is -2.09. The molecular formula is C19H17FN4O3. The number of hydrogen-bond acceptors (Lipinski definition) is 6. The van der Waals surface area contributed by atoms with Gasteiger partial charge < -0.3 is 20.9 Å². The van der Waals surface area contributed by atoms with Crippen LogP contribution in [0.25, 0.3) is 11.4 Å². The summed E-state index contributed by atoms with van der Waals surface area (Å²) in [5.74, 6) is 0.730. The van der Waals surface area contributed by atoms with Crippen molar-refractivity contribution < 1.29 is 19.0 Å². The molecule has 0 unspecified atom stereocenters. The number of hydrogen-bond donors (Lipinski definition) is 3. The molecule has 3 aromatic rings. The van der Waals surface area contributed by atoms with Crippen LogP contribution in [0.3, 0.4) is 0 Å². The van der Waals surface area contributed by atoms with Crippen LogP contribution in [0.4, 0.5) is 10.2 Å². The van der Waals surface area contributed by atoms with E-state index in [9.17, 15) is 9.18 Å². The van der Waals surface area contributed by atoms with E-state index in [0.717, 1.165) is 0 Å². The fourth-order valence-corrected chi connectivity index (χ4v) is 2.29. The molecule has 138 valence electrons. The molecule has 0 saturated carbocycles. The molecule has 0 saturated heterocycles. The van der Waals surface area contributed by atoms with Gasteiger partial charge in [0.2, 0.25) is 0 Å². The lowest BCUT2D eigenvalue weighted by Crippen LogP contribution is -2.16. The maximum Gasteiger partial charge on any atom is 0.267 e. The van der Waals surface area contributed by atoms with Crippen molar-refractivity contribution in [2.24, 2.45) is 5.73 Å². The Balaban J connectivity index is 1.84. The first-order valence-corrected chi connectivity index (χ1v) is 8.12. The molecule has 0 spiro atoms. The Morgan fingerprint density at radius 2 is 1.70 bits per heavy atom. The number of aromatic nitrogens is 2. The number of aliphatic hydroxyl groups excluding tert-OH is 1. The zero-order valence-electron chi connectivity index (χ0n) is 14.2. The van der Waals surface area contributed by atoms with Crippen molar-refractivity contribution in [2.45, 2.75) is 0 Å². The number of nitrogens with one attached hydrogen (secondary N) is 1. The minimum absolute atomic E-state index is 0.0621. The van der Waals surface area contributed by atoms with E-state index in [1.165, 1.54) is 30.3 Å². The number of nitrogens with zero attached hydrogens (tertiary/aromatic N) is 2. The fourth-order valence-electron chi connectivity index (χ4n) is 2.29. The molecule has 3 rings (SSSR count). The van der Waals surface area contributed by atoms with Crippen LogP contribution in [-0.4, -0.2) is 34.1 Å². The average Bonchev–Trinajstić information content (AvgIpc) is 2.68. The van der Waals surface area contributed by atoms with Crippen molar-refractivity contribution in [2.75, 3.05) is 18.5 Å². The van der Waals surface area contributed by atoms with Crippen LogP contribution in [0.15, 0.2) is 54.6 Å². The molecule has 0 radical (unpaired) electrons. The molecule has 27 heavy (non-hydrogen) atoms. The highest BCUT2D eigenvalue weighted by Crippen LogP contribution is 2.25. The number of carbonyl (C=O) groups excluding carboxylic acids is 1. The lowest BCUT2D eigenvalue weighted by molar-refractivity contribution is 0.0995. The van der Waals surface area contributed by atoms with Gasteiger partial charge in [-0.3, -0.25) is 4.79 Å². The number of amides is 1. The number of primary amides is 1. The van der Waals surface area contributed by atoms with E-state index in [1.807, 2.05) is 0 Å². The van der Waals surface area contributed by atoms with Gasteiger partial charge in [-0.2, -0.15) is 0 Å². The summed E-state index contributed by atoms with van der Waals surface area (Å²) in [5, 5.41) is 11.8. The molecule has 1 amide bonds. The highest BCUT2D eigenvalue weighted by atomic mass is 19.1. The Kier molecular flexibility index (Phi) is 5.58. The number of carbonyl (C=O) groups is 1. The summed E-state index contributed by atoms with van der Waals surface area (Å²) in [6.45, 7) is 0.194. The molecule has 7 nitrogen and oxygen atoms in total. The molecule has 0 atom stereocenters. The van der Waals surface area contributed by atoms with E-state index in [-0.39, 0.29) is 24.7 Å². The molecule has 0 aliphatic carbocycles. The Hall–Kier alpha value is -3.52. The predicted octanol–water partition coefficient (Wildman–Crippen LogP) is 2.58. The standard InChI is InChI=1S/C19H17FN4O3/c20-13-3-7-15(8-4-13)27-14-5-1-12(2-6-14)19-23-16(18(21)26)11-17(24-19)22-9-10-25/h1-8,11,25H,9-10H2,(H2,21,26)(H,22,23,24). The second-order valence-electron chi connectivity index (χ2n) is 5.56. The summed E-state index contributed by atoms with van der Waals surface area (Å²) in [6.07, 6.45) is 0. The predicted molar refractivity (Wildman–Crippen MR) is 98.0 cm³/mol. The van der Waals surface area contributed by atoms with Crippen molar-refractivity contribution in [1.29, 1.82) is 0 Å². The number of nitrogens with two attached hydrogens (primary N) is 1. The first kappa shape index (κ1) is 18.3. The van der Waals surface area contributed by atoms with Gasteiger partial charge in [-0.05, 0) is 48.5 Å². The van der Waals surface area contributed by atoms with Gasteiger partial charge >= 0.3 is 0 Å². The third-order valence-corrected chi connectivity index (χ3v) is 3.56. The Morgan fingerprint density at radius 1 is 1.07 bits per heavy atom. The number of benzene rings is 2. The lowest BCUT2D eigenvalue weighted by atomic mass is 10.2. The topological polar surface area (TPSA) is 110 Å². The van der Waals surface area contributed by atoms with Crippen LogP contribution < -0.4 is 15.8 Å². The van der Waals surface area contributed by atoms with E-state index in [2.05, 4.69) is 15.3 Å². The average molecular weight is 368 g/mol. The molecule has 8 heteroatoms. The van der Waals surface area contributed by atoms with Crippen LogP contribution in [0, 0.1) is 5.82 Å². The minimum atomic E-state index is -0.679. The summed E-state index contributed by atoms with van der Waals surface area (Å²) >= 11 is 0. The van der Waals surface area contributed by atoms with Crippen LogP contribution in [0.5, 0.6) is 11.5 Å². The number of anilines is 1. The summed E-state index contributed by atoms with van der Waals surface area (Å²) < 4.78 is 18.6. The van der Waals surface area contributed by atoms with Crippen molar-refractivity contribution in [3.8, 4) is 22.9 Å². The largest absolute Gasteiger partial charge is 0.457 e. The third kappa shape index (κ3) is 4.77. The molecule has 0 aliphatic heterocycles. The van der Waals surface area contributed by atoms with E-state index in [1.54, 1.807) is 24.3 Å². The van der Waals surface area contributed by atoms with Crippen molar-refractivity contribution >= 4 is 11.7 Å². The summed E-state index contributed by atoms with van der Waals surface area (Å²) in [7, 11) is 0. The molecule has 0 aliphatic rings. The van der Waals surface area contributed by atoms with E-state index >= 15 is 0 Å². The van der Waals surface area contributed by atoms with E-state index in [4.69, 9.17) is 15.6 Å². The Bertz CT molecular complexity index is 931. The molecule has 1 aromatic heterocycles. The Morgan fingerprint density at radius 3 is 2.30 bits per heavy atom. The number of rotatable bonds is 7. The molecule has 2 aromatic carbocycles. The van der Waals surface area contributed by atoms with Crippen LogP contribution in [0.1, 0.15) is 10.5 Å². The van der Waals surface area contributed by atoms with Crippen LogP contribution in [0.2, 0.25) is 0 Å². The van der Waals surface area contributed by atoms with Gasteiger partial charge in [0.1, 0.15) is 28.8 Å². The normalized spacial score (nSPS) is 10.4. The van der Waals surface area contributed by atoms with Crippen LogP contribution >= 0.6 is 0 Å². The molecule has 0 bridgehead atoms. The smallest absolute Gasteiger partial charge is 0.267 e. The molecular weight excluding hydrogens is 351 g/mol. The SMILES string of the molecule is NC(=O)c1cc(NCCO)nc(-c2ccc(Oc3ccc(F)cc3)cc2)n1. The first-order valence-electron chi connectivity index (χ1n) is 8.12. The van der Waals surface area contributed by atoms with Gasteiger partial charge in [0.05, 0.1) is 6.61 Å². The monoisotopic (exact) mass is 368 g/mol. The second kappa shape index (κ2) is 8.24. The first-order chi connectivity index (χ1) is 13.0. The molecule has 0 fully saturated rings. The van der Waals surface area contributed by atoms with Crippen LogP contribution in [-0.2, 0) is 0 Å². The van der Waals surface area contributed by atoms with Gasteiger partial charge in [0.15, 0.2) is 5.82 Å². The number of aliphatic hydroxyl groups is 1. The van der Waals surface area contributed by atoms with Gasteiger partial charge in [0.25, 0.3) is 5.91 Å². The quantitative estimate of drug-likeness (QED) is 0.591. The highest BCUT2D eigenvalue weighted by molar-refractivity contribution is 5.92. The fraction of sp³-hybridized carbons (Fsp3) is 0.105. The zero-order valence-corrected chi connectivity index (χ0v) is 14.2. The summed E-state index contributed by atoms with van der Waals surface area (Å²) in [5.41, 5.74) is 6.04. The summed E-state index contributed by atoms with van der Waals surface area (Å²) in [4.78, 5) is 20.0. The molecule has 1 heterocycles. The van der Waals surface area contributed by atoms with Gasteiger partial charge in [-0.1, -0.05) is 0 Å². The third-order valence-electron chi connectivity index (χ3n) is 3.56. The summed E-state index contributed by atoms with van der Waals surface area (Å²) in [6, 6.07) is 14.0. The maximum atomic E-state index is 12.9. The van der Waals surface area contributed by atoms with Gasteiger partial charge in [0, 0.05) is 18.2 Å². The van der Waals surface area contributed by atoms with Crippen molar-refractivity contribution in [1.82, 2.24) is 9.97 Å². The molecule has 4 N–H and O–H groups in total. The van der Waals surface area contributed by atoms with E-state index in [0.29, 0.717) is 28.7 Å². The second-order valence-corrected chi connectivity index (χ2v) is 5.56. The van der Waals surface area contributed by atoms with Gasteiger partial charge in [-0.25, -0.2) is 14.4 Å². The number of ether oxygens (including phenoxy) is 1. The van der Waals surface area contributed by atoms with Crippen molar-refractivity contribution in [3.05, 3.63) is 66.1 Å².